The van der Waals surface area contributed by atoms with Crippen LogP contribution in [0.1, 0.15) is 152 Å². The summed E-state index contributed by atoms with van der Waals surface area (Å²) >= 11 is 3.65. The fourth-order valence-corrected chi connectivity index (χ4v) is 17.3. The van der Waals surface area contributed by atoms with E-state index in [4.69, 9.17) is 72.4 Å². The summed E-state index contributed by atoms with van der Waals surface area (Å²) in [5.74, 6) is -4.37. The predicted molar refractivity (Wildman–Crippen MR) is 547 cm³/mol. The summed E-state index contributed by atoms with van der Waals surface area (Å²) in [5.41, 5.74) is 5.83. The third kappa shape index (κ3) is 28.5. The molecule has 45 heteroatoms. The highest BCUT2D eigenvalue weighted by atomic mass is 127. The van der Waals surface area contributed by atoms with Gasteiger partial charge < -0.3 is 82.4 Å². The van der Waals surface area contributed by atoms with Gasteiger partial charge in [0.1, 0.15) is 119 Å². The van der Waals surface area contributed by atoms with Gasteiger partial charge in [0.25, 0.3) is 22.2 Å². The van der Waals surface area contributed by atoms with E-state index in [-0.39, 0.29) is 71.2 Å². The molecule has 150 heavy (non-hydrogen) atoms. The number of rotatable bonds is 26. The zero-order valence-corrected chi connectivity index (χ0v) is 84.8. The number of ether oxygens (including phenoxy) is 13. The second-order valence-electron chi connectivity index (χ2n) is 34.5. The molecule has 43 nitrogen and oxygen atoms in total. The van der Waals surface area contributed by atoms with Crippen molar-refractivity contribution in [2.75, 3.05) is 40.1 Å². The molecule has 16 atom stereocenters. The second-order valence-corrected chi connectivity index (χ2v) is 36.8. The first-order valence-electron chi connectivity index (χ1n) is 46.8. The number of aliphatic hydroxyl groups is 2. The van der Waals surface area contributed by atoms with Crippen molar-refractivity contribution >= 4 is 99.0 Å². The van der Waals surface area contributed by atoms with Gasteiger partial charge in [0.05, 0.1) is 64.4 Å². The third-order valence-corrected chi connectivity index (χ3v) is 25.7. The van der Waals surface area contributed by atoms with Gasteiger partial charge in [0.15, 0.2) is 0 Å². The SMILES string of the molecule is CC1=CN([C@@H]2CC(OC(=O)c3ccccc3)[C@H](COC(=O)c3ccccc3)O2)C(=O)N(C)C1N.Cc1cn([C@@H]2CC(O)[C@H](CO)O2)c(=O)[nH]c1=O.Cn1c(=O)c(I)cn([C@@H]2CC(OC(=O)c3ccccc3)[C@H](COC(=O)c3ccccc3)O2)c1=O.O=C(OC[C@@H]1O[C@H](n2cc(I)c(=O)[nH]c2=O)CC1OC(=O)c1ccccc1)c1ccccc1.O=C(OC[C@@H]1O[C@H](n2ccc(=O)[nH]c2=O)CC1OC(=O)c1ccccc1)c1ccccc1. The molecule has 7 N–H and O–H groups in total. The van der Waals surface area contributed by atoms with E-state index < -0.39 is 191 Å². The molecule has 0 saturated carbocycles. The molecule has 0 spiro atoms. The highest BCUT2D eigenvalue weighted by molar-refractivity contribution is 14.1. The second kappa shape index (κ2) is 51.8. The van der Waals surface area contributed by atoms with Crippen molar-refractivity contribution < 1.29 is 115 Å². The number of urea groups is 1. The number of aromatic nitrogens is 8. The first-order valence-corrected chi connectivity index (χ1v) is 48.9. The van der Waals surface area contributed by atoms with Gasteiger partial charge in [0, 0.05) is 88.8 Å². The number of hydrogen-bond acceptors (Lipinski definition) is 33. The molecule has 18 rings (SSSR count). The van der Waals surface area contributed by atoms with E-state index in [1.54, 1.807) is 263 Å². The number of carbonyl (C=O) groups is 9. The molecule has 10 heterocycles. The maximum Gasteiger partial charge on any atom is 0.338 e. The number of benzene rings is 8. The lowest BCUT2D eigenvalue weighted by atomic mass is 10.1. The predicted octanol–water partition coefficient (Wildman–Crippen LogP) is 8.17. The van der Waals surface area contributed by atoms with Crippen LogP contribution in [0.4, 0.5) is 4.79 Å². The average molecular weight is 2280 g/mol. The van der Waals surface area contributed by atoms with E-state index >= 15 is 0 Å². The monoisotopic (exact) mass is 2280 g/mol. The van der Waals surface area contributed by atoms with Crippen LogP contribution in [0, 0.1) is 14.1 Å². The Kier molecular flexibility index (Phi) is 38.0. The maximum absolute atomic E-state index is 12.8. The van der Waals surface area contributed by atoms with Crippen molar-refractivity contribution in [3.8, 4) is 0 Å². The number of halogens is 2. The largest absolute Gasteiger partial charge is 0.459 e. The van der Waals surface area contributed by atoms with E-state index in [1.807, 2.05) is 52.1 Å². The molecule has 5 fully saturated rings. The molecule has 12 aromatic rings. The number of nitrogens with zero attached hydrogens (tertiary/aromatic N) is 7. The van der Waals surface area contributed by atoms with Crippen LogP contribution in [-0.2, 0) is 68.6 Å². The summed E-state index contributed by atoms with van der Waals surface area (Å²) in [6.45, 7) is 2.38. The summed E-state index contributed by atoms with van der Waals surface area (Å²) < 4.78 is 80.1. The number of nitrogens with one attached hydrogen (secondary N) is 3. The number of nitrogens with two attached hydrogens (primary N) is 1. The number of H-pyrrole nitrogens is 3. The smallest absolute Gasteiger partial charge is 0.338 e. The van der Waals surface area contributed by atoms with E-state index in [0.717, 1.165) is 10.1 Å². The molecule has 5 saturated heterocycles. The number of aromatic amines is 3. The third-order valence-electron chi connectivity index (χ3n) is 24.2. The molecule has 8 aromatic carbocycles. The van der Waals surface area contributed by atoms with Crippen molar-refractivity contribution in [2.45, 2.75) is 144 Å². The minimum Gasteiger partial charge on any atom is -0.459 e. The van der Waals surface area contributed by atoms with Crippen LogP contribution in [-0.4, -0.2) is 225 Å². The number of aliphatic hydroxyl groups excluding tert-OH is 2. The Hall–Kier alpha value is -15.6. The highest BCUT2D eigenvalue weighted by Crippen LogP contribution is 2.37. The van der Waals surface area contributed by atoms with E-state index in [1.165, 1.54) is 66.0 Å². The van der Waals surface area contributed by atoms with Crippen molar-refractivity contribution in [2.24, 2.45) is 12.8 Å². The molecule has 0 radical (unpaired) electrons. The fraction of sp³-hybridized carbons (Fsp3) is 0.286. The lowest BCUT2D eigenvalue weighted by Gasteiger charge is -2.38. The summed E-state index contributed by atoms with van der Waals surface area (Å²) in [6, 6.07) is 68.7. The Balaban J connectivity index is 0.000000150. The summed E-state index contributed by atoms with van der Waals surface area (Å²) in [6.07, 6.45) is -4.20. The number of hydrogen-bond donors (Lipinski definition) is 6. The molecular formula is C105H101I2N11O32. The van der Waals surface area contributed by atoms with E-state index in [2.05, 4.69) is 15.0 Å². The number of likely N-dealkylation sites (N-methyl/N-ethyl adjacent to an activating group) is 1. The molecule has 0 aliphatic carbocycles. The van der Waals surface area contributed by atoms with E-state index in [0.29, 0.717) is 57.2 Å². The first-order chi connectivity index (χ1) is 72.1. The van der Waals surface area contributed by atoms with Gasteiger partial charge in [-0.05, 0) is 162 Å². The van der Waals surface area contributed by atoms with Crippen molar-refractivity contribution in [1.29, 1.82) is 0 Å². The number of carbonyl (C=O) groups excluding carboxylic acids is 9. The Morgan fingerprint density at radius 3 is 1.01 bits per heavy atom. The standard InChI is InChI=1S/C25H27N3O6.C24H21IN2O7.C23H19IN2O7.C23H20N2O7.C10H14N2O5/c1-16-14-28(25(31)27(2)22(16)26)21-13-19(34-24(30)18-11-7-4-8-12-18)20(33-21)15-32-23(29)17-9-5-3-6-10-17;1-26-21(28)17(25)13-27(24(26)31)20-12-18(34-23(30)16-10-6-3-7-11-16)19(33-20)14-32-22(29)15-8-4-2-5-9-15;24-16-12-26(23(30)25-20(16)27)19-11-17(33-22(29)15-9-5-2-6-10-15)18(32-19)13-31-21(28)14-7-3-1-4-8-14;26-19-11-12-25(23(29)24-19)20-13-17(32-22(28)16-9-5-2-6-10-16)18(31-20)14-30-21(27)15-7-3-1-4-8-15;1-5-3-12(10(16)11-9(5)15)8-2-6(14)7(4-13)17-8/h3-12,14,19-22H,13,15,26H2,1-2H3;2-11,13,18-20H,12,14H2,1H3;1-10,12,17-19H,11,13H2,(H,25,27,30);1-12,17-18,20H,13-14H2,(H,24,26,29);3,6-8,13-14H,2,4H2,1H3,(H,11,15,16)/t19?,20-,21-,22?;18?,19-,20-;17?,18-,19-;17?,18-,20-;6?,7-,8-/m00000/s1. The van der Waals surface area contributed by atoms with E-state index in [9.17, 15) is 86.6 Å². The number of amides is 2. The van der Waals surface area contributed by atoms with Crippen LogP contribution in [0.5, 0.6) is 0 Å². The zero-order valence-electron chi connectivity index (χ0n) is 80.5. The molecular weight excluding hydrogens is 2180 g/mol. The Bertz CT molecular complexity index is 7330. The summed E-state index contributed by atoms with van der Waals surface area (Å²) in [7, 11) is 2.99. The minimum atomic E-state index is -0.822. The highest BCUT2D eigenvalue weighted by Gasteiger charge is 2.48. The fourth-order valence-electron chi connectivity index (χ4n) is 16.2. The molecule has 2 amide bonds. The van der Waals surface area contributed by atoms with Gasteiger partial charge in [-0.15, -0.1) is 0 Å². The Labute approximate surface area is 878 Å². The Morgan fingerprint density at radius 2 is 0.660 bits per heavy atom. The van der Waals surface area contributed by atoms with Gasteiger partial charge in [-0.2, -0.15) is 0 Å². The van der Waals surface area contributed by atoms with Crippen molar-refractivity contribution in [3.05, 3.63) is 426 Å². The maximum atomic E-state index is 12.8. The van der Waals surface area contributed by atoms with Crippen LogP contribution in [0.25, 0.3) is 0 Å². The summed E-state index contributed by atoms with van der Waals surface area (Å²) in [5, 5.41) is 18.5. The number of aryl methyl sites for hydroxylation is 1. The van der Waals surface area contributed by atoms with Crippen LogP contribution >= 0.6 is 45.2 Å². The normalized spacial score (nSPS) is 21.8. The minimum absolute atomic E-state index is 0.133. The number of esters is 8. The topological polar surface area (TPSA) is 555 Å². The summed E-state index contributed by atoms with van der Waals surface area (Å²) in [4.78, 5) is 217. The molecule has 6 unspecified atom stereocenters. The molecule has 0 bridgehead atoms. The Morgan fingerprint density at radius 1 is 0.367 bits per heavy atom. The molecule has 782 valence electrons. The molecule has 6 aliphatic heterocycles. The van der Waals surface area contributed by atoms with Crippen LogP contribution in [0.15, 0.2) is 324 Å². The van der Waals surface area contributed by atoms with Gasteiger partial charge in [-0.25, -0.2) is 62.3 Å². The zero-order chi connectivity index (χ0) is 107. The lowest BCUT2D eigenvalue weighted by Crippen LogP contribution is -2.55. The van der Waals surface area contributed by atoms with Gasteiger partial charge in [-0.3, -0.25) is 61.9 Å². The average Bonchev–Trinajstić information content (AvgIpc) is 1.59. The van der Waals surface area contributed by atoms with Crippen molar-refractivity contribution in [1.82, 2.24) is 47.6 Å². The lowest BCUT2D eigenvalue weighted by molar-refractivity contribution is -0.0669. The van der Waals surface area contributed by atoms with Crippen molar-refractivity contribution in [3.63, 3.8) is 0 Å². The van der Waals surface area contributed by atoms with Gasteiger partial charge in [-0.1, -0.05) is 146 Å². The van der Waals surface area contributed by atoms with Gasteiger partial charge in [0.2, 0.25) is 0 Å². The van der Waals surface area contributed by atoms with Crippen LogP contribution < -0.4 is 50.7 Å². The molecule has 4 aromatic heterocycles. The quantitative estimate of drug-likeness (QED) is 0.0169. The van der Waals surface area contributed by atoms with Crippen LogP contribution in [0.3, 0.4) is 0 Å². The first kappa shape index (κ1) is 110. The molecule has 6 aliphatic rings. The van der Waals surface area contributed by atoms with Crippen LogP contribution in [0.2, 0.25) is 0 Å². The van der Waals surface area contributed by atoms with Gasteiger partial charge >= 0.3 is 76.5 Å².